The molecule has 0 atom stereocenters. The molecular weight excluding hydrogens is 389 g/mol. The molecule has 0 radical (unpaired) electrons. The van der Waals surface area contributed by atoms with E-state index in [0.717, 1.165) is 5.82 Å². The van der Waals surface area contributed by atoms with E-state index in [2.05, 4.69) is 30.5 Å². The molecule has 1 amide bonds. The number of anilines is 1. The average molecular weight is 407 g/mol. The van der Waals surface area contributed by atoms with Crippen molar-refractivity contribution in [3.05, 3.63) is 54.1 Å². The lowest BCUT2D eigenvalue weighted by Crippen LogP contribution is -2.60. The Morgan fingerprint density at radius 1 is 1.17 bits per heavy atom. The number of benzene rings is 1. The molecule has 5 rings (SSSR count). The fourth-order valence-corrected chi connectivity index (χ4v) is 3.43. The monoisotopic (exact) mass is 407 g/mol. The molecule has 152 valence electrons. The average Bonchev–Trinajstić information content (AvgIpc) is 3.32. The largest absolute Gasteiger partial charge is 0.351 e. The molecule has 0 saturated carbocycles. The Balaban J connectivity index is 1.34. The highest BCUT2D eigenvalue weighted by atomic mass is 19.1. The van der Waals surface area contributed by atoms with Crippen molar-refractivity contribution in [2.24, 2.45) is 7.05 Å². The molecule has 4 heterocycles. The molecule has 1 aliphatic heterocycles. The molecule has 1 saturated heterocycles. The Bertz CT molecular complexity index is 1240. The van der Waals surface area contributed by atoms with Crippen LogP contribution in [0.25, 0.3) is 17.0 Å². The van der Waals surface area contributed by atoms with Crippen LogP contribution in [0.5, 0.6) is 0 Å². The summed E-state index contributed by atoms with van der Waals surface area (Å²) in [4.78, 5) is 16.3. The number of likely N-dealkylation sites (N-methyl/N-ethyl adjacent to an activating group) is 1. The van der Waals surface area contributed by atoms with Gasteiger partial charge in [0.15, 0.2) is 17.2 Å². The van der Waals surface area contributed by atoms with Gasteiger partial charge in [0.1, 0.15) is 11.6 Å². The zero-order valence-corrected chi connectivity index (χ0v) is 16.3. The Morgan fingerprint density at radius 3 is 2.73 bits per heavy atom. The molecule has 0 spiro atoms. The van der Waals surface area contributed by atoms with Crippen LogP contribution in [-0.2, 0) is 7.05 Å². The minimum Gasteiger partial charge on any atom is -0.351 e. The summed E-state index contributed by atoms with van der Waals surface area (Å²) in [5.41, 5.74) is 1.50. The molecule has 10 nitrogen and oxygen atoms in total. The lowest BCUT2D eigenvalue weighted by Gasteiger charge is -2.44. The number of rotatable bonds is 4. The highest BCUT2D eigenvalue weighted by Gasteiger charge is 2.34. The van der Waals surface area contributed by atoms with Gasteiger partial charge in [-0.1, -0.05) is 17.3 Å². The maximum absolute atomic E-state index is 13.6. The van der Waals surface area contributed by atoms with Crippen molar-refractivity contribution in [2.75, 3.05) is 25.0 Å². The van der Waals surface area contributed by atoms with Gasteiger partial charge in [-0.2, -0.15) is 4.52 Å². The Labute approximate surface area is 170 Å². The molecule has 0 aliphatic carbocycles. The number of amides is 1. The van der Waals surface area contributed by atoms with Crippen LogP contribution in [0.4, 0.5) is 10.2 Å². The van der Waals surface area contributed by atoms with Crippen LogP contribution in [0.3, 0.4) is 0 Å². The van der Waals surface area contributed by atoms with Gasteiger partial charge in [-0.3, -0.25) is 9.48 Å². The first kappa shape index (κ1) is 18.2. The van der Waals surface area contributed by atoms with Crippen LogP contribution in [0, 0.1) is 5.82 Å². The summed E-state index contributed by atoms with van der Waals surface area (Å²) in [6.45, 7) is 1.27. The quantitative estimate of drug-likeness (QED) is 0.498. The smallest absolute Gasteiger partial charge is 0.276 e. The fraction of sp³-hybridized carbons (Fsp3) is 0.263. The van der Waals surface area contributed by atoms with Crippen LogP contribution >= 0.6 is 0 Å². The Hall–Kier alpha value is -3.89. The molecule has 4 aromatic rings. The first-order chi connectivity index (χ1) is 14.5. The van der Waals surface area contributed by atoms with Crippen LogP contribution in [0.1, 0.15) is 10.5 Å². The summed E-state index contributed by atoms with van der Waals surface area (Å²) in [7, 11) is 3.48. The van der Waals surface area contributed by atoms with Crippen LogP contribution < -0.4 is 4.90 Å². The summed E-state index contributed by atoms with van der Waals surface area (Å²) >= 11 is 0. The third kappa shape index (κ3) is 3.04. The number of aryl methyl sites for hydroxylation is 1. The van der Waals surface area contributed by atoms with Gasteiger partial charge in [0.25, 0.3) is 5.91 Å². The van der Waals surface area contributed by atoms with Crippen molar-refractivity contribution in [1.82, 2.24) is 39.7 Å². The van der Waals surface area contributed by atoms with Crippen LogP contribution in [-0.4, -0.2) is 71.8 Å². The van der Waals surface area contributed by atoms with Crippen LogP contribution in [0.2, 0.25) is 0 Å². The van der Waals surface area contributed by atoms with E-state index in [-0.39, 0.29) is 17.8 Å². The van der Waals surface area contributed by atoms with Crippen molar-refractivity contribution in [3.8, 4) is 11.4 Å². The number of carbonyl (C=O) groups is 1. The number of nitrogens with zero attached hydrogens (tertiary/aromatic N) is 9. The minimum atomic E-state index is -0.346. The minimum absolute atomic E-state index is 0.0422. The maximum atomic E-state index is 13.6. The van der Waals surface area contributed by atoms with E-state index in [4.69, 9.17) is 0 Å². The topological polar surface area (TPSA) is 97.3 Å². The van der Waals surface area contributed by atoms with Gasteiger partial charge in [-0.05, 0) is 24.3 Å². The molecule has 1 aromatic carbocycles. The van der Waals surface area contributed by atoms with E-state index in [0.29, 0.717) is 35.8 Å². The molecule has 1 aliphatic rings. The number of halogens is 1. The van der Waals surface area contributed by atoms with Crippen molar-refractivity contribution in [2.45, 2.75) is 6.04 Å². The summed E-state index contributed by atoms with van der Waals surface area (Å²) in [6.07, 6.45) is 1.60. The highest BCUT2D eigenvalue weighted by Crippen LogP contribution is 2.24. The lowest BCUT2D eigenvalue weighted by molar-refractivity contribution is 0.0699. The van der Waals surface area contributed by atoms with Gasteiger partial charge in [0.05, 0.1) is 12.2 Å². The van der Waals surface area contributed by atoms with Crippen molar-refractivity contribution < 1.29 is 9.18 Å². The molecular formula is C19H18FN9O. The third-order valence-corrected chi connectivity index (χ3v) is 5.21. The third-order valence-electron chi connectivity index (χ3n) is 5.21. The number of hydrogen-bond donors (Lipinski definition) is 0. The molecule has 3 aromatic heterocycles. The normalized spacial score (nSPS) is 14.2. The first-order valence-corrected chi connectivity index (χ1v) is 9.36. The van der Waals surface area contributed by atoms with Gasteiger partial charge in [0.2, 0.25) is 0 Å². The van der Waals surface area contributed by atoms with Crippen molar-refractivity contribution >= 4 is 17.4 Å². The molecule has 0 N–H and O–H groups in total. The second kappa shape index (κ2) is 6.87. The maximum Gasteiger partial charge on any atom is 0.276 e. The zero-order chi connectivity index (χ0) is 20.8. The molecule has 0 unspecified atom stereocenters. The summed E-state index contributed by atoms with van der Waals surface area (Å²) in [5, 5.41) is 20.6. The second-order valence-corrected chi connectivity index (χ2v) is 7.25. The van der Waals surface area contributed by atoms with Gasteiger partial charge in [-0.25, -0.2) is 4.39 Å². The molecule has 0 bridgehead atoms. The van der Waals surface area contributed by atoms with E-state index in [1.807, 2.05) is 12.1 Å². The number of fused-ring (bicyclic) bond motifs is 1. The van der Waals surface area contributed by atoms with Gasteiger partial charge >= 0.3 is 0 Å². The summed E-state index contributed by atoms with van der Waals surface area (Å²) < 4.78 is 16.7. The number of hydrogen-bond acceptors (Lipinski definition) is 7. The molecule has 1 fully saturated rings. The lowest BCUT2D eigenvalue weighted by atomic mass is 10.1. The fourth-order valence-electron chi connectivity index (χ4n) is 3.43. The van der Waals surface area contributed by atoms with E-state index in [1.165, 1.54) is 16.8 Å². The molecule has 30 heavy (non-hydrogen) atoms. The standard InChI is InChI=1S/C19H18FN9O/c1-26-11-15(21-25-26)19(30)27(2)14-9-28(10-14)17-7-6-16-22-23-18(29(16)24-17)12-4-3-5-13(20)8-12/h3-8,11,14H,9-10H2,1-2H3. The predicted octanol–water partition coefficient (Wildman–Crippen LogP) is 1.02. The van der Waals surface area contributed by atoms with Crippen LogP contribution in [0.15, 0.2) is 42.6 Å². The Kier molecular flexibility index (Phi) is 4.16. The van der Waals surface area contributed by atoms with Crippen molar-refractivity contribution in [3.63, 3.8) is 0 Å². The number of aromatic nitrogens is 7. The summed E-state index contributed by atoms with van der Waals surface area (Å²) in [6, 6.07) is 9.89. The van der Waals surface area contributed by atoms with Gasteiger partial charge in [-0.15, -0.1) is 20.4 Å². The van der Waals surface area contributed by atoms with E-state index in [9.17, 15) is 9.18 Å². The second-order valence-electron chi connectivity index (χ2n) is 7.25. The number of carbonyl (C=O) groups excluding carboxylic acids is 1. The van der Waals surface area contributed by atoms with E-state index >= 15 is 0 Å². The van der Waals surface area contributed by atoms with Gasteiger partial charge in [0, 0.05) is 32.7 Å². The van der Waals surface area contributed by atoms with E-state index < -0.39 is 0 Å². The van der Waals surface area contributed by atoms with E-state index in [1.54, 1.807) is 41.8 Å². The van der Waals surface area contributed by atoms with Crippen molar-refractivity contribution in [1.29, 1.82) is 0 Å². The summed E-state index contributed by atoms with van der Waals surface area (Å²) in [5.74, 6) is 0.695. The highest BCUT2D eigenvalue weighted by molar-refractivity contribution is 5.92. The van der Waals surface area contributed by atoms with Gasteiger partial charge < -0.3 is 9.80 Å². The molecule has 11 heteroatoms. The Morgan fingerprint density at radius 2 is 2.00 bits per heavy atom. The zero-order valence-electron chi connectivity index (χ0n) is 16.3. The first-order valence-electron chi connectivity index (χ1n) is 9.36. The predicted molar refractivity (Wildman–Crippen MR) is 105 cm³/mol. The SMILES string of the molecule is CN(C(=O)c1cn(C)nn1)C1CN(c2ccc3nnc(-c4cccc(F)c4)n3n2)C1.